The number of halogens is 2. The van der Waals surface area contributed by atoms with E-state index in [0.717, 1.165) is 12.1 Å². The van der Waals surface area contributed by atoms with E-state index in [-0.39, 0.29) is 5.56 Å². The Morgan fingerprint density at radius 1 is 1.05 bits per heavy atom. The van der Waals surface area contributed by atoms with Crippen LogP contribution in [0.4, 0.5) is 8.78 Å². The Labute approximate surface area is 119 Å². The lowest BCUT2D eigenvalue weighted by Gasteiger charge is -2.10. The third-order valence-corrected chi connectivity index (χ3v) is 2.95. The fourth-order valence-corrected chi connectivity index (χ4v) is 2.00. The van der Waals surface area contributed by atoms with Crippen molar-refractivity contribution in [1.29, 1.82) is 5.26 Å². The molecule has 3 aromatic rings. The van der Waals surface area contributed by atoms with E-state index in [1.165, 1.54) is 0 Å². The van der Waals surface area contributed by atoms with Gasteiger partial charge in [0.1, 0.15) is 5.75 Å². The molecule has 0 atom stereocenters. The molecule has 1 heterocycles. The van der Waals surface area contributed by atoms with Crippen molar-refractivity contribution < 1.29 is 13.5 Å². The summed E-state index contributed by atoms with van der Waals surface area (Å²) in [5.41, 5.74) is 0.557. The molecule has 102 valence electrons. The number of nitriles is 1. The Kier molecular flexibility index (Phi) is 3.20. The van der Waals surface area contributed by atoms with Gasteiger partial charge < -0.3 is 4.74 Å². The molecule has 0 aliphatic rings. The quantitative estimate of drug-likeness (QED) is 0.708. The highest BCUT2D eigenvalue weighted by Gasteiger charge is 2.15. The van der Waals surface area contributed by atoms with Crippen LogP contribution in [-0.4, -0.2) is 4.98 Å². The van der Waals surface area contributed by atoms with Gasteiger partial charge in [-0.25, -0.2) is 8.78 Å². The molecule has 0 aliphatic heterocycles. The minimum absolute atomic E-state index is 0.100. The van der Waals surface area contributed by atoms with Crippen LogP contribution in [0.1, 0.15) is 5.56 Å². The average Bonchev–Trinajstić information content (AvgIpc) is 2.50. The minimum Gasteiger partial charge on any atom is -0.450 e. The first-order valence-electron chi connectivity index (χ1n) is 6.10. The van der Waals surface area contributed by atoms with Crippen LogP contribution < -0.4 is 4.74 Å². The van der Waals surface area contributed by atoms with Crippen LogP contribution in [0.15, 0.2) is 48.7 Å². The standard InChI is InChI=1S/C16H8F2N2O/c17-12-7-10(9-19)8-13(18)16(12)21-15-5-1-4-14-11(15)3-2-6-20-14/h1-8H. The van der Waals surface area contributed by atoms with Gasteiger partial charge in [0, 0.05) is 11.6 Å². The van der Waals surface area contributed by atoms with Crippen molar-refractivity contribution in [2.75, 3.05) is 0 Å². The van der Waals surface area contributed by atoms with Gasteiger partial charge in [-0.15, -0.1) is 0 Å². The van der Waals surface area contributed by atoms with Crippen molar-refractivity contribution in [3.63, 3.8) is 0 Å². The average molecular weight is 282 g/mol. The second kappa shape index (κ2) is 5.17. The fraction of sp³-hybridized carbons (Fsp3) is 0. The molecular formula is C16H8F2N2O. The molecule has 0 saturated carbocycles. The van der Waals surface area contributed by atoms with Gasteiger partial charge in [-0.05, 0) is 36.4 Å². The van der Waals surface area contributed by atoms with Gasteiger partial charge in [0.05, 0.1) is 17.1 Å². The monoisotopic (exact) mass is 282 g/mol. The summed E-state index contributed by atoms with van der Waals surface area (Å²) < 4.78 is 33.1. The third-order valence-electron chi connectivity index (χ3n) is 2.95. The summed E-state index contributed by atoms with van der Waals surface area (Å²) >= 11 is 0. The summed E-state index contributed by atoms with van der Waals surface area (Å²) in [5.74, 6) is -2.09. The summed E-state index contributed by atoms with van der Waals surface area (Å²) in [7, 11) is 0. The van der Waals surface area contributed by atoms with Gasteiger partial charge in [-0.1, -0.05) is 6.07 Å². The Bertz CT molecular complexity index is 843. The van der Waals surface area contributed by atoms with Crippen LogP contribution in [0.5, 0.6) is 11.5 Å². The second-order valence-electron chi connectivity index (χ2n) is 4.31. The molecule has 21 heavy (non-hydrogen) atoms. The van der Waals surface area contributed by atoms with Crippen LogP contribution in [-0.2, 0) is 0 Å². The zero-order chi connectivity index (χ0) is 14.8. The van der Waals surface area contributed by atoms with Crippen molar-refractivity contribution in [3.05, 3.63) is 65.9 Å². The molecule has 0 amide bonds. The largest absolute Gasteiger partial charge is 0.450 e. The van der Waals surface area contributed by atoms with E-state index in [9.17, 15) is 8.78 Å². The number of benzene rings is 2. The molecule has 0 aliphatic carbocycles. The van der Waals surface area contributed by atoms with E-state index in [4.69, 9.17) is 10.00 Å². The molecule has 0 radical (unpaired) electrons. The van der Waals surface area contributed by atoms with Crippen molar-refractivity contribution in [1.82, 2.24) is 4.98 Å². The van der Waals surface area contributed by atoms with Gasteiger partial charge in [0.2, 0.25) is 0 Å². The van der Waals surface area contributed by atoms with Crippen LogP contribution in [0, 0.1) is 23.0 Å². The molecule has 3 nitrogen and oxygen atoms in total. The molecular weight excluding hydrogens is 274 g/mol. The van der Waals surface area contributed by atoms with E-state index in [1.807, 2.05) is 0 Å². The summed E-state index contributed by atoms with van der Waals surface area (Å²) in [5, 5.41) is 9.32. The Balaban J connectivity index is 2.10. The molecule has 2 aromatic carbocycles. The first kappa shape index (κ1) is 13.0. The van der Waals surface area contributed by atoms with E-state index in [2.05, 4.69) is 4.98 Å². The van der Waals surface area contributed by atoms with Gasteiger partial charge in [-0.2, -0.15) is 5.26 Å². The van der Waals surface area contributed by atoms with Gasteiger partial charge >= 0.3 is 0 Å². The Morgan fingerprint density at radius 2 is 1.81 bits per heavy atom. The minimum atomic E-state index is -0.924. The summed E-state index contributed by atoms with van der Waals surface area (Å²) in [6.45, 7) is 0. The first-order valence-corrected chi connectivity index (χ1v) is 6.10. The normalized spacial score (nSPS) is 10.3. The number of aromatic nitrogens is 1. The number of fused-ring (bicyclic) bond motifs is 1. The van der Waals surface area contributed by atoms with E-state index in [1.54, 1.807) is 42.6 Å². The van der Waals surface area contributed by atoms with Crippen molar-refractivity contribution in [2.45, 2.75) is 0 Å². The molecule has 0 saturated heterocycles. The van der Waals surface area contributed by atoms with E-state index >= 15 is 0 Å². The predicted octanol–water partition coefficient (Wildman–Crippen LogP) is 4.18. The molecule has 1 aromatic heterocycles. The second-order valence-corrected chi connectivity index (χ2v) is 4.31. The highest BCUT2D eigenvalue weighted by molar-refractivity contribution is 5.85. The smallest absolute Gasteiger partial charge is 0.198 e. The van der Waals surface area contributed by atoms with Crippen molar-refractivity contribution >= 4 is 10.9 Å². The van der Waals surface area contributed by atoms with Crippen molar-refractivity contribution in [3.8, 4) is 17.6 Å². The van der Waals surface area contributed by atoms with E-state index < -0.39 is 17.4 Å². The number of hydrogen-bond donors (Lipinski definition) is 0. The zero-order valence-corrected chi connectivity index (χ0v) is 10.7. The predicted molar refractivity (Wildman–Crippen MR) is 72.9 cm³/mol. The summed E-state index contributed by atoms with van der Waals surface area (Å²) in [4.78, 5) is 4.15. The maximum atomic E-state index is 13.9. The molecule has 5 heteroatoms. The maximum Gasteiger partial charge on any atom is 0.198 e. The number of hydrogen-bond acceptors (Lipinski definition) is 3. The highest BCUT2D eigenvalue weighted by Crippen LogP contribution is 2.32. The maximum absolute atomic E-state index is 13.9. The number of nitrogens with zero attached hydrogens (tertiary/aromatic N) is 2. The number of ether oxygens (including phenoxy) is 1. The Hall–Kier alpha value is -3.00. The Morgan fingerprint density at radius 3 is 2.52 bits per heavy atom. The lowest BCUT2D eigenvalue weighted by Crippen LogP contribution is -1.95. The molecule has 0 bridgehead atoms. The van der Waals surface area contributed by atoms with Gasteiger partial charge in [0.15, 0.2) is 17.4 Å². The molecule has 3 rings (SSSR count). The molecule has 0 spiro atoms. The first-order chi connectivity index (χ1) is 10.2. The SMILES string of the molecule is N#Cc1cc(F)c(Oc2cccc3ncccc23)c(F)c1. The van der Waals surface area contributed by atoms with E-state index in [0.29, 0.717) is 16.7 Å². The van der Waals surface area contributed by atoms with Gasteiger partial charge in [0.25, 0.3) is 0 Å². The molecule has 0 fully saturated rings. The van der Waals surface area contributed by atoms with Crippen LogP contribution in [0.25, 0.3) is 10.9 Å². The van der Waals surface area contributed by atoms with Gasteiger partial charge in [-0.3, -0.25) is 4.98 Å². The molecule has 0 N–H and O–H groups in total. The number of rotatable bonds is 2. The lowest BCUT2D eigenvalue weighted by atomic mass is 10.2. The van der Waals surface area contributed by atoms with Crippen LogP contribution in [0.2, 0.25) is 0 Å². The third kappa shape index (κ3) is 2.39. The topological polar surface area (TPSA) is 45.9 Å². The summed E-state index contributed by atoms with van der Waals surface area (Å²) in [6, 6.07) is 12.1. The van der Waals surface area contributed by atoms with Crippen molar-refractivity contribution in [2.24, 2.45) is 0 Å². The zero-order valence-electron chi connectivity index (χ0n) is 10.7. The lowest BCUT2D eigenvalue weighted by molar-refractivity contribution is 0.410. The molecule has 0 unspecified atom stereocenters. The fourth-order valence-electron chi connectivity index (χ4n) is 2.00. The summed E-state index contributed by atoms with van der Waals surface area (Å²) in [6.07, 6.45) is 1.62. The van der Waals surface area contributed by atoms with Crippen LogP contribution in [0.3, 0.4) is 0 Å². The highest BCUT2D eigenvalue weighted by atomic mass is 19.1. The number of pyridine rings is 1. The van der Waals surface area contributed by atoms with Crippen LogP contribution >= 0.6 is 0 Å².